The van der Waals surface area contributed by atoms with Gasteiger partial charge in [0.2, 0.25) is 6.79 Å². The van der Waals surface area contributed by atoms with Gasteiger partial charge in [-0.05, 0) is 23.3 Å². The van der Waals surface area contributed by atoms with Gasteiger partial charge in [0.15, 0.2) is 11.5 Å². The third-order valence-corrected chi connectivity index (χ3v) is 2.99. The van der Waals surface area contributed by atoms with Gasteiger partial charge in [0.05, 0.1) is 6.61 Å². The number of rotatable bonds is 4. The third-order valence-electron chi connectivity index (χ3n) is 2.27. The third kappa shape index (κ3) is 2.57. The summed E-state index contributed by atoms with van der Waals surface area (Å²) in [4.78, 5) is 0. The second-order valence-electron chi connectivity index (χ2n) is 3.48. The van der Waals surface area contributed by atoms with E-state index in [-0.39, 0.29) is 0 Å². The largest absolute Gasteiger partial charge is 0.454 e. The molecule has 1 aliphatic heterocycles. The van der Waals surface area contributed by atoms with Gasteiger partial charge in [0, 0.05) is 12.4 Å². The lowest BCUT2D eigenvalue weighted by Crippen LogP contribution is -1.95. The van der Waals surface area contributed by atoms with Crippen molar-refractivity contribution in [2.24, 2.45) is 0 Å². The lowest BCUT2D eigenvalue weighted by molar-refractivity contribution is 0.174. The summed E-state index contributed by atoms with van der Waals surface area (Å²) in [6.45, 7) is 0.936. The molecule has 0 bridgehead atoms. The quantitative estimate of drug-likeness (QED) is 0.796. The molecule has 0 fully saturated rings. The van der Waals surface area contributed by atoms with E-state index in [1.807, 2.05) is 18.2 Å². The molecule has 0 aliphatic carbocycles. The molecule has 1 aliphatic rings. The molecule has 0 saturated heterocycles. The molecule has 0 amide bonds. The van der Waals surface area contributed by atoms with Crippen molar-refractivity contribution < 1.29 is 14.2 Å². The van der Waals surface area contributed by atoms with E-state index in [1.165, 1.54) is 5.57 Å². The van der Waals surface area contributed by atoms with Gasteiger partial charge in [0.1, 0.15) is 0 Å². The summed E-state index contributed by atoms with van der Waals surface area (Å²) in [5, 5.41) is 0.801. The van der Waals surface area contributed by atoms with Crippen molar-refractivity contribution in [1.82, 2.24) is 0 Å². The average Bonchev–Trinajstić information content (AvgIpc) is 2.75. The summed E-state index contributed by atoms with van der Waals surface area (Å²) in [5.41, 5.74) is 2.28. The Bertz CT molecular complexity index is 401. The maximum atomic E-state index is 5.32. The molecule has 0 N–H and O–H groups in total. The molecule has 0 aromatic heterocycles. The Morgan fingerprint density at radius 3 is 3.00 bits per heavy atom. The smallest absolute Gasteiger partial charge is 0.231 e. The topological polar surface area (TPSA) is 27.7 Å². The minimum atomic E-state index is 0.311. The summed E-state index contributed by atoms with van der Waals surface area (Å²) >= 11 is 3.43. The van der Waals surface area contributed by atoms with Crippen molar-refractivity contribution in [2.75, 3.05) is 25.8 Å². The lowest BCUT2D eigenvalue weighted by Gasteiger charge is -2.03. The van der Waals surface area contributed by atoms with Gasteiger partial charge in [-0.15, -0.1) is 0 Å². The van der Waals surface area contributed by atoms with Crippen molar-refractivity contribution >= 4 is 22.0 Å². The summed E-state index contributed by atoms with van der Waals surface area (Å²) < 4.78 is 15.7. The highest BCUT2D eigenvalue weighted by Crippen LogP contribution is 2.33. The molecule has 3 nitrogen and oxygen atoms in total. The van der Waals surface area contributed by atoms with Gasteiger partial charge < -0.3 is 14.2 Å². The van der Waals surface area contributed by atoms with Crippen LogP contribution in [0.1, 0.15) is 5.56 Å². The first-order chi connectivity index (χ1) is 7.83. The highest BCUT2D eigenvalue weighted by atomic mass is 79.9. The second kappa shape index (κ2) is 5.37. The van der Waals surface area contributed by atoms with Crippen LogP contribution >= 0.6 is 15.9 Å². The lowest BCUT2D eigenvalue weighted by atomic mass is 10.1. The van der Waals surface area contributed by atoms with E-state index in [1.54, 1.807) is 7.11 Å². The predicted octanol–water partition coefficient (Wildman–Crippen LogP) is 2.84. The highest BCUT2D eigenvalue weighted by Gasteiger charge is 2.12. The number of alkyl halides is 1. The monoisotopic (exact) mass is 284 g/mol. The Balaban J connectivity index is 2.20. The van der Waals surface area contributed by atoms with Crippen LogP contribution in [0.25, 0.3) is 6.08 Å². The summed E-state index contributed by atoms with van der Waals surface area (Å²) in [5.74, 6) is 1.62. The number of hydrogen-bond acceptors (Lipinski definition) is 3. The minimum Gasteiger partial charge on any atom is -0.454 e. The molecule has 0 radical (unpaired) electrons. The van der Waals surface area contributed by atoms with Crippen molar-refractivity contribution in [2.45, 2.75) is 0 Å². The van der Waals surface area contributed by atoms with Crippen molar-refractivity contribution in [3.05, 3.63) is 29.3 Å². The van der Waals surface area contributed by atoms with E-state index in [9.17, 15) is 0 Å². The zero-order valence-corrected chi connectivity index (χ0v) is 10.6. The van der Waals surface area contributed by atoms with E-state index >= 15 is 0 Å². The minimum absolute atomic E-state index is 0.311. The highest BCUT2D eigenvalue weighted by molar-refractivity contribution is 9.09. The van der Waals surface area contributed by atoms with Gasteiger partial charge in [-0.3, -0.25) is 0 Å². The maximum absolute atomic E-state index is 5.32. The molecule has 2 rings (SSSR count). The Hall–Kier alpha value is -1.00. The van der Waals surface area contributed by atoms with E-state index in [0.717, 1.165) is 22.4 Å². The van der Waals surface area contributed by atoms with Crippen LogP contribution in [0.3, 0.4) is 0 Å². The van der Waals surface area contributed by atoms with Crippen LogP contribution in [0.2, 0.25) is 0 Å². The Morgan fingerprint density at radius 2 is 2.25 bits per heavy atom. The van der Waals surface area contributed by atoms with Crippen LogP contribution in [-0.4, -0.2) is 25.8 Å². The molecular weight excluding hydrogens is 272 g/mol. The number of benzene rings is 1. The summed E-state index contributed by atoms with van der Waals surface area (Å²) in [7, 11) is 1.69. The standard InChI is InChI=1S/C12H13BrO3/c1-14-7-10(6-13)4-9-2-3-11-12(5-9)16-8-15-11/h2-5H,6-8H2,1H3/b10-4-. The van der Waals surface area contributed by atoms with Crippen LogP contribution in [0.4, 0.5) is 0 Å². The first-order valence-electron chi connectivity index (χ1n) is 4.97. The molecule has 1 aromatic rings. The van der Waals surface area contributed by atoms with Gasteiger partial charge in [-0.1, -0.05) is 28.1 Å². The first-order valence-corrected chi connectivity index (χ1v) is 6.09. The maximum Gasteiger partial charge on any atom is 0.231 e. The van der Waals surface area contributed by atoms with Gasteiger partial charge >= 0.3 is 0 Å². The predicted molar refractivity (Wildman–Crippen MR) is 66.2 cm³/mol. The van der Waals surface area contributed by atoms with Gasteiger partial charge in [0.25, 0.3) is 0 Å². The Labute approximate surface area is 103 Å². The van der Waals surface area contributed by atoms with E-state index < -0.39 is 0 Å². The summed E-state index contributed by atoms with van der Waals surface area (Å²) in [6, 6.07) is 5.90. The zero-order valence-electron chi connectivity index (χ0n) is 9.03. The SMILES string of the molecule is COC/C(=C\c1ccc2c(c1)OCO2)CBr. The van der Waals surface area contributed by atoms with Crippen LogP contribution < -0.4 is 9.47 Å². The van der Waals surface area contributed by atoms with Gasteiger partial charge in [-0.2, -0.15) is 0 Å². The van der Waals surface area contributed by atoms with Crippen LogP contribution in [-0.2, 0) is 4.74 Å². The van der Waals surface area contributed by atoms with Crippen LogP contribution in [0.15, 0.2) is 23.8 Å². The van der Waals surface area contributed by atoms with Crippen molar-refractivity contribution in [3.63, 3.8) is 0 Å². The van der Waals surface area contributed by atoms with Crippen molar-refractivity contribution in [3.8, 4) is 11.5 Å². The normalized spacial score (nSPS) is 14.2. The Morgan fingerprint density at radius 1 is 1.44 bits per heavy atom. The number of methoxy groups -OCH3 is 1. The molecule has 16 heavy (non-hydrogen) atoms. The molecule has 1 aromatic carbocycles. The zero-order chi connectivity index (χ0) is 11.4. The van der Waals surface area contributed by atoms with Crippen LogP contribution in [0.5, 0.6) is 11.5 Å². The molecule has 0 unspecified atom stereocenters. The fraction of sp³-hybridized carbons (Fsp3) is 0.333. The van der Waals surface area contributed by atoms with Gasteiger partial charge in [-0.25, -0.2) is 0 Å². The van der Waals surface area contributed by atoms with Crippen LogP contribution in [0, 0.1) is 0 Å². The number of halogens is 1. The van der Waals surface area contributed by atoms with Crippen molar-refractivity contribution in [1.29, 1.82) is 0 Å². The Kier molecular flexibility index (Phi) is 3.85. The summed E-state index contributed by atoms with van der Waals surface area (Å²) in [6.07, 6.45) is 2.08. The first kappa shape index (κ1) is 11.5. The molecule has 86 valence electrons. The molecule has 1 heterocycles. The molecule has 0 spiro atoms. The number of fused-ring (bicyclic) bond motifs is 1. The fourth-order valence-corrected chi connectivity index (χ4v) is 1.87. The van der Waals surface area contributed by atoms with E-state index in [0.29, 0.717) is 13.4 Å². The molecule has 4 heteroatoms. The second-order valence-corrected chi connectivity index (χ2v) is 4.04. The van der Waals surface area contributed by atoms with E-state index in [2.05, 4.69) is 22.0 Å². The number of ether oxygens (including phenoxy) is 3. The average molecular weight is 285 g/mol. The molecule has 0 atom stereocenters. The van der Waals surface area contributed by atoms with E-state index in [4.69, 9.17) is 14.2 Å². The molecule has 0 saturated carbocycles. The molecular formula is C12H13BrO3. The number of hydrogen-bond donors (Lipinski definition) is 0. The fourth-order valence-electron chi connectivity index (χ4n) is 1.54.